The Labute approximate surface area is 400 Å². The Hall–Kier alpha value is -6.26. The van der Waals surface area contributed by atoms with E-state index in [1.807, 2.05) is 7.05 Å². The van der Waals surface area contributed by atoms with Gasteiger partial charge in [-0.1, -0.05) is 45.9 Å². The van der Waals surface area contributed by atoms with Crippen LogP contribution in [0.5, 0.6) is 23.0 Å². The molecule has 10 atom stereocenters. The van der Waals surface area contributed by atoms with Crippen molar-refractivity contribution < 1.29 is 78.7 Å². The number of rotatable bonds is 8. The van der Waals surface area contributed by atoms with E-state index in [0.717, 1.165) is 13.1 Å². The first kappa shape index (κ1) is 55.3. The van der Waals surface area contributed by atoms with Crippen molar-refractivity contribution in [1.82, 2.24) is 15.2 Å². The predicted octanol–water partition coefficient (Wildman–Crippen LogP) is 3.47. The third-order valence-electron chi connectivity index (χ3n) is 12.9. The minimum atomic E-state index is -2.04. The van der Waals surface area contributed by atoms with Gasteiger partial charge in [-0.15, -0.1) is 0 Å². The topological polar surface area (TPSA) is 307 Å². The number of likely N-dealkylation sites (N-methyl/N-ethyl adjacent to an activating group) is 2. The molecule has 1 saturated heterocycles. The molecule has 0 saturated carbocycles. The SMILES string of the molecule is CN[C@H](CC(=O)O)C(=O)O.CO[C@H]1/C=C\O[C@@]2(C)Oc3c(C)c(O)c4c(O)c(c(C=NN5CCN(C)CC5)c(O)c4c3C2=O)NC(=O)/C(C)=C\C=C/[C@H](C)[C@@H](O)[C@H](C)[C@@H](O)[C@H](C)[C@@H](OC(C)=O)[C@H]1C. The van der Waals surface area contributed by atoms with E-state index in [0.29, 0.717) is 13.1 Å². The van der Waals surface area contributed by atoms with E-state index >= 15 is 0 Å². The van der Waals surface area contributed by atoms with E-state index in [2.05, 4.69) is 20.6 Å². The fourth-order valence-electron chi connectivity index (χ4n) is 8.41. The van der Waals surface area contributed by atoms with Gasteiger partial charge in [0.1, 0.15) is 29.4 Å². The van der Waals surface area contributed by atoms with Crippen molar-refractivity contribution >= 4 is 52.3 Å². The van der Waals surface area contributed by atoms with Crippen LogP contribution in [0.3, 0.4) is 0 Å². The summed E-state index contributed by atoms with van der Waals surface area (Å²) in [6, 6.07) is -0.988. The number of Topliss-reactive ketones (excluding diaryl/α,β-unsaturated/α-hetero) is 1. The average molecular weight is 970 g/mol. The van der Waals surface area contributed by atoms with Crippen molar-refractivity contribution in [3.05, 3.63) is 52.8 Å². The molecule has 69 heavy (non-hydrogen) atoms. The first-order valence-electron chi connectivity index (χ1n) is 22.5. The molecule has 21 heteroatoms. The second-order valence-corrected chi connectivity index (χ2v) is 17.9. The molecule has 1 fully saturated rings. The van der Waals surface area contributed by atoms with Crippen LogP contribution in [-0.2, 0) is 33.4 Å². The Morgan fingerprint density at radius 1 is 0.957 bits per heavy atom. The van der Waals surface area contributed by atoms with Gasteiger partial charge in [-0.2, -0.15) is 5.10 Å². The van der Waals surface area contributed by atoms with Crippen LogP contribution in [0, 0.1) is 30.6 Å². The standard InChI is InChI=1S/C43H58N4O12.C5H9NO4/c1-21-12-11-13-22(2)42(55)45-33-28(20-44-47-17-15-46(9)16-18-47)37(52)30-31(38(33)53)36(51)26(6)40-32(30)41(54)43(8,59-40)57-19-14-29(56-10)23(3)39(58-27(7)48)25(5)35(50)24(4)34(21)49;1-6-3(5(9)10)2-4(7)8/h11-14,19-21,23-25,29,34-35,39,49-53H,15-18H2,1-10H3,(H,45,55);3,6H,2H2,1H3,(H,7,8)(H,9,10)/b12-11-,19-14-,22-13-,44-20?;/t21-,23-,24-,25-,29-,34+,35+,39-,43-;3-/m01/s1. The highest BCUT2D eigenvalue weighted by molar-refractivity contribution is 6.23. The van der Waals surface area contributed by atoms with E-state index in [9.17, 15) is 49.5 Å². The van der Waals surface area contributed by atoms with Crippen molar-refractivity contribution in [3.8, 4) is 23.0 Å². The van der Waals surface area contributed by atoms with Gasteiger partial charge in [-0.25, -0.2) is 0 Å². The van der Waals surface area contributed by atoms with Crippen molar-refractivity contribution in [2.45, 2.75) is 98.1 Å². The summed E-state index contributed by atoms with van der Waals surface area (Å²) in [5.41, 5.74) is -0.350. The highest BCUT2D eigenvalue weighted by Gasteiger charge is 2.50. The molecule has 4 heterocycles. The number of aliphatic hydroxyl groups is 2. The zero-order valence-corrected chi connectivity index (χ0v) is 40.8. The zero-order valence-electron chi connectivity index (χ0n) is 40.8. The number of hydrogen-bond donors (Lipinski definition) is 9. The number of aliphatic hydroxyl groups excluding tert-OH is 2. The number of carboxylic acids is 2. The summed E-state index contributed by atoms with van der Waals surface area (Å²) in [6.45, 7) is 15.1. The molecule has 9 N–H and O–H groups in total. The van der Waals surface area contributed by atoms with Crippen molar-refractivity contribution in [2.75, 3.05) is 52.7 Å². The molecule has 21 nitrogen and oxygen atoms in total. The Balaban J connectivity index is 0.000000929. The number of hydrazone groups is 1. The van der Waals surface area contributed by atoms with Gasteiger partial charge in [-0.05, 0) is 34.0 Å². The lowest BCUT2D eigenvalue weighted by Crippen LogP contribution is -2.46. The quantitative estimate of drug-likeness (QED) is 0.0792. The van der Waals surface area contributed by atoms with Crippen molar-refractivity contribution in [2.24, 2.45) is 28.8 Å². The van der Waals surface area contributed by atoms with Crippen LogP contribution in [0.1, 0.15) is 76.4 Å². The smallest absolute Gasteiger partial charge is 0.321 e. The summed E-state index contributed by atoms with van der Waals surface area (Å²) in [4.78, 5) is 62.7. The van der Waals surface area contributed by atoms with Gasteiger partial charge in [0.05, 0.1) is 59.4 Å². The third-order valence-corrected chi connectivity index (χ3v) is 12.9. The van der Waals surface area contributed by atoms with Gasteiger partial charge < -0.3 is 70.2 Å². The molecule has 0 spiro atoms. The minimum Gasteiger partial charge on any atom is -0.507 e. The summed E-state index contributed by atoms with van der Waals surface area (Å²) in [5.74, 6) is -10.6. The fourth-order valence-corrected chi connectivity index (χ4v) is 8.41. The molecule has 5 bridgehead atoms. The number of carbonyl (C=O) groups excluding carboxylic acids is 3. The number of carboxylic acid groups (broad SMARTS) is 2. The molecule has 1 amide bonds. The van der Waals surface area contributed by atoms with Gasteiger partial charge in [0.25, 0.3) is 11.7 Å². The first-order valence-corrected chi connectivity index (χ1v) is 22.5. The molecule has 2 aromatic carbocycles. The summed E-state index contributed by atoms with van der Waals surface area (Å²) >= 11 is 0. The Morgan fingerprint density at radius 2 is 1.59 bits per heavy atom. The monoisotopic (exact) mass is 969 g/mol. The molecule has 4 aliphatic rings. The molecule has 6 rings (SSSR count). The number of hydrogen-bond acceptors (Lipinski definition) is 18. The van der Waals surface area contributed by atoms with Crippen LogP contribution in [0.15, 0.2) is 41.2 Å². The van der Waals surface area contributed by atoms with Gasteiger partial charge in [0.15, 0.2) is 5.75 Å². The second-order valence-electron chi connectivity index (χ2n) is 17.9. The normalized spacial score (nSPS) is 29.2. The van der Waals surface area contributed by atoms with Crippen molar-refractivity contribution in [1.29, 1.82) is 0 Å². The maximum atomic E-state index is 14.4. The number of aliphatic carboxylic acids is 2. The van der Waals surface area contributed by atoms with Crippen LogP contribution in [-0.4, -0.2) is 165 Å². The molecule has 380 valence electrons. The van der Waals surface area contributed by atoms with Crippen molar-refractivity contribution in [3.63, 3.8) is 0 Å². The van der Waals surface area contributed by atoms with Gasteiger partial charge in [0, 0.05) is 87.3 Å². The molecule has 2 aromatic rings. The van der Waals surface area contributed by atoms with Gasteiger partial charge in [-0.3, -0.25) is 29.0 Å². The Morgan fingerprint density at radius 3 is 2.14 bits per heavy atom. The number of nitrogens with one attached hydrogen (secondary N) is 2. The summed E-state index contributed by atoms with van der Waals surface area (Å²) < 4.78 is 23.6. The zero-order chi connectivity index (χ0) is 51.8. The molecule has 0 radical (unpaired) electrons. The third kappa shape index (κ3) is 12.5. The largest absolute Gasteiger partial charge is 0.507 e. The summed E-state index contributed by atoms with van der Waals surface area (Å²) in [7, 11) is 4.83. The summed E-state index contributed by atoms with van der Waals surface area (Å²) in [6.07, 6.45) is 4.46. The number of ether oxygens (including phenoxy) is 4. The number of benzene rings is 2. The van der Waals surface area contributed by atoms with Crippen LogP contribution in [0.2, 0.25) is 0 Å². The number of nitrogens with zero attached hydrogens (tertiary/aromatic N) is 3. The molecule has 0 aliphatic carbocycles. The Bertz CT molecular complexity index is 2380. The Kier molecular flexibility index (Phi) is 18.7. The maximum Gasteiger partial charge on any atom is 0.321 e. The number of phenols is 3. The number of aromatic hydroxyl groups is 3. The molecule has 0 aromatic heterocycles. The number of anilines is 1. The van der Waals surface area contributed by atoms with E-state index in [4.69, 9.17) is 29.2 Å². The minimum absolute atomic E-state index is 0.0559. The number of amides is 1. The number of fused-ring (bicyclic) bond motifs is 14. The van der Waals surface area contributed by atoms with Gasteiger partial charge in [0.2, 0.25) is 0 Å². The highest BCUT2D eigenvalue weighted by atomic mass is 16.7. The van der Waals surface area contributed by atoms with E-state index in [-0.39, 0.29) is 44.5 Å². The first-order chi connectivity index (χ1) is 32.3. The molecular weight excluding hydrogens is 903 g/mol. The van der Waals surface area contributed by atoms with E-state index in [1.54, 1.807) is 44.9 Å². The highest BCUT2D eigenvalue weighted by Crippen LogP contribution is 2.55. The number of methoxy groups -OCH3 is 1. The van der Waals surface area contributed by atoms with E-state index < -0.39 is 113 Å². The van der Waals surface area contributed by atoms with Crippen LogP contribution >= 0.6 is 0 Å². The van der Waals surface area contributed by atoms with Crippen LogP contribution < -0.4 is 15.4 Å². The average Bonchev–Trinajstić information content (AvgIpc) is 3.56. The number of allylic oxidation sites excluding steroid dienone is 2. The maximum absolute atomic E-state index is 14.4. The molecular formula is C48H67N5O16. The number of piperazine rings is 1. The number of esters is 1. The van der Waals surface area contributed by atoms with Crippen LogP contribution in [0.25, 0.3) is 10.8 Å². The van der Waals surface area contributed by atoms with E-state index in [1.165, 1.54) is 66.5 Å². The number of carbonyl (C=O) groups is 5. The predicted molar refractivity (Wildman–Crippen MR) is 253 cm³/mol. The summed E-state index contributed by atoms with van der Waals surface area (Å²) in [5, 5.41) is 85.7. The molecule has 0 unspecified atom stereocenters. The number of phenolic OH excluding ortho intramolecular Hbond substituents is 3. The van der Waals surface area contributed by atoms with Gasteiger partial charge >= 0.3 is 23.7 Å². The van der Waals surface area contributed by atoms with Crippen LogP contribution in [0.4, 0.5) is 5.69 Å². The lowest BCUT2D eigenvalue weighted by molar-refractivity contribution is -0.160. The molecule has 4 aliphatic heterocycles. The second kappa shape index (κ2) is 23.4. The number of ketones is 1. The fraction of sp³-hybridized carbons (Fsp3) is 0.542. The lowest BCUT2D eigenvalue weighted by Gasteiger charge is -2.38. The lowest BCUT2D eigenvalue weighted by atomic mass is 9.78.